The summed E-state index contributed by atoms with van der Waals surface area (Å²) >= 11 is 0. The fourth-order valence-electron chi connectivity index (χ4n) is 4.14. The predicted molar refractivity (Wildman–Crippen MR) is 137 cm³/mol. The van der Waals surface area contributed by atoms with Gasteiger partial charge in [-0.3, -0.25) is 20.2 Å². The first-order valence-electron chi connectivity index (χ1n) is 11.6. The third-order valence-electron chi connectivity index (χ3n) is 6.23. The van der Waals surface area contributed by atoms with Gasteiger partial charge in [-0.05, 0) is 48.3 Å². The number of nitrogen functional groups attached to an aromatic ring is 1. The average Bonchev–Trinajstić information content (AvgIpc) is 3.67. The van der Waals surface area contributed by atoms with E-state index in [-0.39, 0.29) is 23.4 Å². The Kier molecular flexibility index (Phi) is 5.25. The first-order valence-corrected chi connectivity index (χ1v) is 11.6. The summed E-state index contributed by atoms with van der Waals surface area (Å²) in [5.41, 5.74) is 12.1. The molecule has 0 atom stereocenters. The van der Waals surface area contributed by atoms with Gasteiger partial charge in [-0.25, -0.2) is 9.97 Å². The molecule has 1 fully saturated rings. The summed E-state index contributed by atoms with van der Waals surface area (Å²) in [6.07, 6.45) is 12.4. The van der Waals surface area contributed by atoms with Crippen LogP contribution in [0, 0.1) is 11.3 Å². The molecule has 4 aromatic rings. The second-order valence-electron chi connectivity index (χ2n) is 8.83. The second kappa shape index (κ2) is 8.73. The Labute approximate surface area is 206 Å². The van der Waals surface area contributed by atoms with E-state index >= 15 is 0 Å². The van der Waals surface area contributed by atoms with E-state index in [0.29, 0.717) is 34.7 Å². The number of fused-ring (bicyclic) bond motifs is 1. The van der Waals surface area contributed by atoms with Gasteiger partial charge in [-0.1, -0.05) is 6.07 Å². The lowest BCUT2D eigenvalue weighted by Crippen LogP contribution is -2.27. The highest BCUT2D eigenvalue weighted by atomic mass is 16.2. The van der Waals surface area contributed by atoms with Gasteiger partial charge in [-0.15, -0.1) is 0 Å². The van der Waals surface area contributed by atoms with Crippen molar-refractivity contribution in [1.82, 2.24) is 35.6 Å². The highest BCUT2D eigenvalue weighted by Gasteiger charge is 2.30. The summed E-state index contributed by atoms with van der Waals surface area (Å²) < 4.78 is 0. The van der Waals surface area contributed by atoms with Crippen LogP contribution in [0.3, 0.4) is 0 Å². The van der Waals surface area contributed by atoms with Crippen molar-refractivity contribution in [2.24, 2.45) is 5.92 Å². The number of carbonyl (C=O) groups is 1. The van der Waals surface area contributed by atoms with Crippen molar-refractivity contribution in [2.75, 3.05) is 12.3 Å². The van der Waals surface area contributed by atoms with Crippen molar-refractivity contribution in [3.63, 3.8) is 0 Å². The molecule has 0 bridgehead atoms. The van der Waals surface area contributed by atoms with Crippen LogP contribution in [0.1, 0.15) is 29.8 Å². The summed E-state index contributed by atoms with van der Waals surface area (Å²) in [5.74, 6) is 0.748. The minimum absolute atomic E-state index is 0.0443. The maximum atomic E-state index is 12.2. The van der Waals surface area contributed by atoms with Gasteiger partial charge < -0.3 is 21.4 Å². The van der Waals surface area contributed by atoms with Crippen molar-refractivity contribution in [3.05, 3.63) is 84.0 Å². The molecule has 4 aromatic heterocycles. The van der Waals surface area contributed by atoms with E-state index in [4.69, 9.17) is 11.1 Å². The van der Waals surface area contributed by atoms with Gasteiger partial charge in [0.1, 0.15) is 17.0 Å². The summed E-state index contributed by atoms with van der Waals surface area (Å²) in [5, 5.41) is 15.0. The number of H-pyrrole nitrogens is 1. The number of aromatic amines is 1. The largest absolute Gasteiger partial charge is 0.385 e. The Morgan fingerprint density at radius 1 is 1.17 bits per heavy atom. The summed E-state index contributed by atoms with van der Waals surface area (Å²) in [6, 6.07) is 7.47. The molecule has 178 valence electrons. The molecule has 0 spiro atoms. The van der Waals surface area contributed by atoms with Gasteiger partial charge in [-0.2, -0.15) is 0 Å². The van der Waals surface area contributed by atoms with Gasteiger partial charge in [0.25, 0.3) is 0 Å². The van der Waals surface area contributed by atoms with Crippen LogP contribution < -0.4 is 16.4 Å². The van der Waals surface area contributed by atoms with E-state index < -0.39 is 0 Å². The number of dihydropyridines is 1. The number of hydrogen-bond acceptors (Lipinski definition) is 8. The maximum absolute atomic E-state index is 12.2. The predicted octanol–water partition coefficient (Wildman–Crippen LogP) is 2.77. The second-order valence-corrected chi connectivity index (χ2v) is 8.83. The SMILES string of the molecule is N=C(c1nc2c(-c3ccccn3)cncc2[nH]1)c1cc(C2=CC(NC(=O)C3CC3)=CNC2)cnc1N. The molecule has 5 heterocycles. The molecule has 2 aliphatic rings. The standard InChI is InChI=1S/C26H23N9O/c27-22(25-34-21-13-30-12-19(23(21)35-25)20-3-1-2-6-31-20)18-8-16(10-32-24(18)28)15-7-17(11-29-9-15)33-26(36)14-4-5-14/h1-3,6-8,10-14,27,29H,4-5,9H2,(H2,28,32)(H,33,36)(H,34,35). The molecule has 6 N–H and O–H groups in total. The van der Waals surface area contributed by atoms with Crippen LogP contribution in [0.25, 0.3) is 27.9 Å². The molecule has 0 aromatic carbocycles. The van der Waals surface area contributed by atoms with Gasteiger partial charge in [0.05, 0.1) is 23.1 Å². The number of amides is 1. The smallest absolute Gasteiger partial charge is 0.227 e. The minimum Gasteiger partial charge on any atom is -0.385 e. The van der Waals surface area contributed by atoms with Crippen molar-refractivity contribution < 1.29 is 4.79 Å². The summed E-state index contributed by atoms with van der Waals surface area (Å²) in [4.78, 5) is 33.1. The van der Waals surface area contributed by atoms with Crippen LogP contribution in [0.5, 0.6) is 0 Å². The van der Waals surface area contributed by atoms with Crippen LogP contribution in [0.2, 0.25) is 0 Å². The molecule has 0 radical (unpaired) electrons. The van der Waals surface area contributed by atoms with E-state index in [1.54, 1.807) is 31.0 Å². The Bertz CT molecular complexity index is 1570. The zero-order valence-electron chi connectivity index (χ0n) is 19.2. The number of aromatic nitrogens is 5. The normalized spacial score (nSPS) is 15.1. The number of nitrogens with zero attached hydrogens (tertiary/aromatic N) is 4. The molecule has 0 unspecified atom stereocenters. The Balaban J connectivity index is 1.32. The van der Waals surface area contributed by atoms with E-state index in [1.165, 1.54) is 0 Å². The van der Waals surface area contributed by atoms with Gasteiger partial charge in [0.2, 0.25) is 5.91 Å². The fraction of sp³-hybridized carbons (Fsp3) is 0.154. The Hall–Kier alpha value is -4.86. The first kappa shape index (κ1) is 21.7. The number of hydrogen-bond donors (Lipinski definition) is 5. The summed E-state index contributed by atoms with van der Waals surface area (Å²) in [7, 11) is 0. The highest BCUT2D eigenvalue weighted by Crippen LogP contribution is 2.30. The molecule has 1 amide bonds. The number of nitrogens with one attached hydrogen (secondary N) is 4. The lowest BCUT2D eigenvalue weighted by Gasteiger charge is -2.17. The van der Waals surface area contributed by atoms with Gasteiger partial charge in [0.15, 0.2) is 5.82 Å². The number of pyridine rings is 3. The molecule has 36 heavy (non-hydrogen) atoms. The van der Waals surface area contributed by atoms with Crippen LogP contribution in [0.4, 0.5) is 5.82 Å². The van der Waals surface area contributed by atoms with E-state index in [9.17, 15) is 4.79 Å². The zero-order valence-corrected chi connectivity index (χ0v) is 19.2. The minimum atomic E-state index is 0.0443. The molecule has 1 aliphatic carbocycles. The van der Waals surface area contributed by atoms with Crippen molar-refractivity contribution >= 4 is 34.0 Å². The van der Waals surface area contributed by atoms with Gasteiger partial charge >= 0.3 is 0 Å². The maximum Gasteiger partial charge on any atom is 0.227 e. The number of rotatable bonds is 6. The molecule has 10 nitrogen and oxygen atoms in total. The molecular formula is C26H23N9O. The van der Waals surface area contributed by atoms with Crippen LogP contribution >= 0.6 is 0 Å². The number of carbonyl (C=O) groups excluding carboxylic acids is 1. The van der Waals surface area contributed by atoms with Gasteiger partial charge in [0, 0.05) is 48.4 Å². The van der Waals surface area contributed by atoms with Crippen molar-refractivity contribution in [3.8, 4) is 11.3 Å². The lowest BCUT2D eigenvalue weighted by molar-refractivity contribution is -0.121. The molecule has 10 heteroatoms. The topological polar surface area (TPSA) is 158 Å². The number of imidazole rings is 1. The molecule has 1 saturated carbocycles. The van der Waals surface area contributed by atoms with Crippen LogP contribution in [-0.4, -0.2) is 43.1 Å². The third kappa shape index (κ3) is 4.09. The van der Waals surface area contributed by atoms with Crippen LogP contribution in [0.15, 0.2) is 67.0 Å². The number of allylic oxidation sites excluding steroid dienone is 1. The zero-order chi connectivity index (χ0) is 24.6. The molecule has 1 aliphatic heterocycles. The molecular weight excluding hydrogens is 454 g/mol. The monoisotopic (exact) mass is 477 g/mol. The average molecular weight is 478 g/mol. The number of anilines is 1. The Morgan fingerprint density at radius 2 is 2.06 bits per heavy atom. The van der Waals surface area contributed by atoms with Crippen molar-refractivity contribution in [1.29, 1.82) is 5.41 Å². The fourth-order valence-corrected chi connectivity index (χ4v) is 4.14. The molecule has 6 rings (SSSR count). The molecule has 0 saturated heterocycles. The number of nitrogens with two attached hydrogens (primary N) is 1. The first-order chi connectivity index (χ1) is 17.6. The van der Waals surface area contributed by atoms with Crippen molar-refractivity contribution in [2.45, 2.75) is 12.8 Å². The lowest BCUT2D eigenvalue weighted by atomic mass is 10.0. The summed E-state index contributed by atoms with van der Waals surface area (Å²) in [6.45, 7) is 0.560. The highest BCUT2D eigenvalue weighted by molar-refractivity contribution is 6.13. The quantitative estimate of drug-likeness (QED) is 0.267. The third-order valence-corrected chi connectivity index (χ3v) is 6.23. The van der Waals surface area contributed by atoms with Crippen LogP contribution in [-0.2, 0) is 4.79 Å². The Morgan fingerprint density at radius 3 is 2.86 bits per heavy atom. The van der Waals surface area contributed by atoms with E-state index in [1.807, 2.05) is 30.3 Å². The van der Waals surface area contributed by atoms with E-state index in [2.05, 4.69) is 35.6 Å². The van der Waals surface area contributed by atoms with E-state index in [0.717, 1.165) is 35.2 Å².